The highest BCUT2D eigenvalue weighted by Crippen LogP contribution is 2.34. The van der Waals surface area contributed by atoms with Crippen molar-refractivity contribution in [3.05, 3.63) is 65.5 Å². The number of fused-ring (bicyclic) bond motifs is 1. The van der Waals surface area contributed by atoms with Crippen LogP contribution in [0.5, 0.6) is 0 Å². The lowest BCUT2D eigenvalue weighted by molar-refractivity contribution is -0.137. The van der Waals surface area contributed by atoms with E-state index in [1.807, 2.05) is 17.0 Å². The first-order chi connectivity index (χ1) is 19.7. The van der Waals surface area contributed by atoms with Gasteiger partial charge in [-0.25, -0.2) is 9.37 Å². The van der Waals surface area contributed by atoms with E-state index >= 15 is 0 Å². The van der Waals surface area contributed by atoms with Gasteiger partial charge in [0.25, 0.3) is 0 Å². The van der Waals surface area contributed by atoms with E-state index < -0.39 is 17.3 Å². The molecule has 216 valence electrons. The lowest BCUT2D eigenvalue weighted by Crippen LogP contribution is -2.47. The van der Waals surface area contributed by atoms with E-state index in [1.54, 1.807) is 12.1 Å². The molecular formula is C30H32F4N6O. The standard InChI is InChI=1S/C30H32F4N6O/c31-23-5-7-27-21(18-23)4-8-28(37-27)39-16-14-38(15-17-39)11-1-2-29(41)40-12-9-24(10-13-40)36-25-6-3-22(20-35)26(19-25)30(32,33)34/h3-8,18-19,24,36H,1-2,9-17H2. The third kappa shape index (κ3) is 7.06. The number of hydrogen-bond acceptors (Lipinski definition) is 6. The lowest BCUT2D eigenvalue weighted by atomic mass is 10.0. The van der Waals surface area contributed by atoms with Gasteiger partial charge in [-0.05, 0) is 74.3 Å². The highest BCUT2D eigenvalue weighted by atomic mass is 19.4. The minimum absolute atomic E-state index is 0.0392. The maximum absolute atomic E-state index is 13.4. The normalized spacial score (nSPS) is 17.0. The van der Waals surface area contributed by atoms with E-state index in [0.717, 1.165) is 61.9 Å². The predicted molar refractivity (Wildman–Crippen MR) is 149 cm³/mol. The second-order valence-electron chi connectivity index (χ2n) is 10.6. The van der Waals surface area contributed by atoms with Crippen LogP contribution in [0, 0.1) is 17.1 Å². The van der Waals surface area contributed by atoms with E-state index in [9.17, 15) is 22.4 Å². The highest BCUT2D eigenvalue weighted by Gasteiger charge is 2.34. The highest BCUT2D eigenvalue weighted by molar-refractivity contribution is 5.80. The molecule has 0 bridgehead atoms. The molecule has 2 saturated heterocycles. The van der Waals surface area contributed by atoms with Gasteiger partial charge in [-0.2, -0.15) is 18.4 Å². The number of pyridine rings is 1. The van der Waals surface area contributed by atoms with Crippen molar-refractivity contribution < 1.29 is 22.4 Å². The van der Waals surface area contributed by atoms with Crippen molar-refractivity contribution in [2.75, 3.05) is 56.0 Å². The average Bonchev–Trinajstić information content (AvgIpc) is 2.97. The van der Waals surface area contributed by atoms with Crippen LogP contribution < -0.4 is 10.2 Å². The minimum Gasteiger partial charge on any atom is -0.382 e. The summed E-state index contributed by atoms with van der Waals surface area (Å²) in [5, 5.41) is 12.9. The molecule has 0 spiro atoms. The topological polar surface area (TPSA) is 75.5 Å². The number of piperidine rings is 1. The Labute approximate surface area is 236 Å². The Morgan fingerprint density at radius 1 is 1.00 bits per heavy atom. The van der Waals surface area contributed by atoms with Crippen LogP contribution in [0.25, 0.3) is 10.9 Å². The van der Waals surface area contributed by atoms with Crippen LogP contribution in [0.3, 0.4) is 0 Å². The maximum atomic E-state index is 13.4. The predicted octanol–water partition coefficient (Wildman–Crippen LogP) is 5.27. The molecule has 2 aliphatic rings. The van der Waals surface area contributed by atoms with Crippen LogP contribution in [-0.2, 0) is 11.0 Å². The Hall–Kier alpha value is -3.91. The molecule has 0 aliphatic carbocycles. The van der Waals surface area contributed by atoms with Crippen molar-refractivity contribution >= 4 is 28.3 Å². The zero-order chi connectivity index (χ0) is 29.0. The Kier molecular flexibility index (Phi) is 8.59. The number of carbonyl (C=O) groups is 1. The number of anilines is 2. The van der Waals surface area contributed by atoms with Gasteiger partial charge in [-0.3, -0.25) is 9.69 Å². The number of likely N-dealkylation sites (tertiary alicyclic amines) is 1. The fourth-order valence-electron chi connectivity index (χ4n) is 5.55. The largest absolute Gasteiger partial charge is 0.417 e. The molecule has 1 amide bonds. The van der Waals surface area contributed by atoms with Crippen LogP contribution in [-0.4, -0.2) is 72.5 Å². The minimum atomic E-state index is -4.59. The third-order valence-electron chi connectivity index (χ3n) is 7.86. The first-order valence-corrected chi connectivity index (χ1v) is 13.9. The molecule has 0 atom stereocenters. The fourth-order valence-corrected chi connectivity index (χ4v) is 5.55. The van der Waals surface area contributed by atoms with Crippen molar-refractivity contribution in [2.45, 2.75) is 37.9 Å². The lowest BCUT2D eigenvalue weighted by Gasteiger charge is -2.36. The number of carbonyl (C=O) groups excluding carboxylic acids is 1. The number of hydrogen-bond donors (Lipinski definition) is 1. The van der Waals surface area contributed by atoms with Crippen LogP contribution in [0.15, 0.2) is 48.5 Å². The maximum Gasteiger partial charge on any atom is 0.417 e. The summed E-state index contributed by atoms with van der Waals surface area (Å²) in [6, 6.07) is 13.6. The third-order valence-corrected chi connectivity index (χ3v) is 7.86. The van der Waals surface area contributed by atoms with Gasteiger partial charge in [-0.15, -0.1) is 0 Å². The van der Waals surface area contributed by atoms with Gasteiger partial charge in [0.05, 0.1) is 22.7 Å². The van der Waals surface area contributed by atoms with Crippen LogP contribution in [0.1, 0.15) is 36.8 Å². The van der Waals surface area contributed by atoms with Gasteiger partial charge in [0.15, 0.2) is 0 Å². The second-order valence-corrected chi connectivity index (χ2v) is 10.6. The number of nitriles is 1. The molecule has 41 heavy (non-hydrogen) atoms. The van der Waals surface area contributed by atoms with E-state index in [-0.39, 0.29) is 17.8 Å². The molecule has 0 radical (unpaired) electrons. The summed E-state index contributed by atoms with van der Waals surface area (Å²) in [6.07, 6.45) is -2.07. The van der Waals surface area contributed by atoms with E-state index in [0.29, 0.717) is 38.0 Å². The molecule has 0 unspecified atom stereocenters. The van der Waals surface area contributed by atoms with Gasteiger partial charge in [0.2, 0.25) is 5.91 Å². The average molecular weight is 569 g/mol. The molecule has 2 fully saturated rings. The molecule has 2 aliphatic heterocycles. The van der Waals surface area contributed by atoms with Crippen molar-refractivity contribution in [3.63, 3.8) is 0 Å². The zero-order valence-corrected chi connectivity index (χ0v) is 22.6. The first kappa shape index (κ1) is 28.6. The summed E-state index contributed by atoms with van der Waals surface area (Å²) in [5.41, 5.74) is -0.240. The zero-order valence-electron chi connectivity index (χ0n) is 22.6. The van der Waals surface area contributed by atoms with Crippen molar-refractivity contribution in [2.24, 2.45) is 0 Å². The molecule has 1 aromatic heterocycles. The summed E-state index contributed by atoms with van der Waals surface area (Å²) >= 11 is 0. The SMILES string of the molecule is N#Cc1ccc(NC2CCN(C(=O)CCCN3CCN(c4ccc5cc(F)ccc5n4)CC3)CC2)cc1C(F)(F)F. The van der Waals surface area contributed by atoms with Gasteiger partial charge in [0, 0.05) is 62.8 Å². The Morgan fingerprint density at radius 3 is 2.46 bits per heavy atom. The summed E-state index contributed by atoms with van der Waals surface area (Å²) < 4.78 is 53.2. The second kappa shape index (κ2) is 12.3. The molecule has 1 N–H and O–H groups in total. The Balaban J connectivity index is 1.02. The molecule has 2 aromatic carbocycles. The number of halogens is 4. The number of nitrogens with one attached hydrogen (secondary N) is 1. The number of amides is 1. The van der Waals surface area contributed by atoms with Gasteiger partial charge >= 0.3 is 6.18 Å². The van der Waals surface area contributed by atoms with Crippen molar-refractivity contribution in [1.82, 2.24) is 14.8 Å². The fraction of sp³-hybridized carbons (Fsp3) is 0.433. The van der Waals surface area contributed by atoms with Gasteiger partial charge in [0.1, 0.15) is 11.6 Å². The number of rotatable bonds is 7. The Morgan fingerprint density at radius 2 is 1.76 bits per heavy atom. The quantitative estimate of drug-likeness (QED) is 0.392. The van der Waals surface area contributed by atoms with E-state index in [2.05, 4.69) is 20.1 Å². The molecule has 3 heterocycles. The number of nitrogens with zero attached hydrogens (tertiary/aromatic N) is 5. The number of alkyl halides is 3. The number of piperazine rings is 1. The van der Waals surface area contributed by atoms with Crippen molar-refractivity contribution in [1.29, 1.82) is 5.26 Å². The van der Waals surface area contributed by atoms with E-state index in [1.165, 1.54) is 24.3 Å². The summed E-state index contributed by atoms with van der Waals surface area (Å²) in [4.78, 5) is 23.9. The first-order valence-electron chi connectivity index (χ1n) is 13.9. The molecule has 0 saturated carbocycles. The smallest absolute Gasteiger partial charge is 0.382 e. The Bertz CT molecular complexity index is 1420. The molecule has 11 heteroatoms. The summed E-state index contributed by atoms with van der Waals surface area (Å²) in [7, 11) is 0. The molecular weight excluding hydrogens is 536 g/mol. The molecule has 7 nitrogen and oxygen atoms in total. The van der Waals surface area contributed by atoms with E-state index in [4.69, 9.17) is 5.26 Å². The summed E-state index contributed by atoms with van der Waals surface area (Å²) in [5.74, 6) is 0.722. The summed E-state index contributed by atoms with van der Waals surface area (Å²) in [6.45, 7) is 5.36. The number of aromatic nitrogens is 1. The van der Waals surface area contributed by atoms with Crippen molar-refractivity contribution in [3.8, 4) is 6.07 Å². The van der Waals surface area contributed by atoms with Crippen LogP contribution in [0.2, 0.25) is 0 Å². The van der Waals surface area contributed by atoms with Crippen LogP contribution in [0.4, 0.5) is 29.1 Å². The van der Waals surface area contributed by atoms with Gasteiger partial charge in [-0.1, -0.05) is 0 Å². The van der Waals surface area contributed by atoms with Gasteiger partial charge < -0.3 is 15.1 Å². The number of benzene rings is 2. The molecule has 3 aromatic rings. The monoisotopic (exact) mass is 568 g/mol. The molecule has 5 rings (SSSR count). The van der Waals surface area contributed by atoms with Crippen LogP contribution >= 0.6 is 0 Å².